The zero-order chi connectivity index (χ0) is 17.4. The molecule has 0 saturated heterocycles. The maximum absolute atomic E-state index is 11.5. The minimum absolute atomic E-state index is 0.0693. The Labute approximate surface area is 149 Å². The zero-order valence-electron chi connectivity index (χ0n) is 14.0. The second kappa shape index (κ2) is 6.57. The van der Waals surface area contributed by atoms with Crippen LogP contribution in [0.4, 0.5) is 5.82 Å². The largest absolute Gasteiger partial charge is 0.393 e. The Bertz CT molecular complexity index is 909. The SMILES string of the molecule is CC(=O)c1ccc(-c2cnc3ccc(NC4CCC(O)CC4)nn23)s1. The van der Waals surface area contributed by atoms with Crippen molar-refractivity contribution < 1.29 is 9.90 Å². The fraction of sp³-hybridized carbons (Fsp3) is 0.389. The molecule has 6 nitrogen and oxygen atoms in total. The lowest BCUT2D eigenvalue weighted by molar-refractivity contribution is 0.102. The molecule has 0 aliphatic heterocycles. The third-order valence-electron chi connectivity index (χ3n) is 4.62. The van der Waals surface area contributed by atoms with E-state index in [1.165, 1.54) is 11.3 Å². The number of nitrogens with one attached hydrogen (secondary N) is 1. The van der Waals surface area contributed by atoms with Crippen molar-refractivity contribution in [3.05, 3.63) is 35.3 Å². The number of ketones is 1. The molecule has 2 N–H and O–H groups in total. The third kappa shape index (κ3) is 3.29. The van der Waals surface area contributed by atoms with Crippen LogP contribution < -0.4 is 5.32 Å². The van der Waals surface area contributed by atoms with Crippen LogP contribution in [0.15, 0.2) is 30.5 Å². The molecule has 1 saturated carbocycles. The highest BCUT2D eigenvalue weighted by molar-refractivity contribution is 7.17. The van der Waals surface area contributed by atoms with Gasteiger partial charge in [-0.25, -0.2) is 9.50 Å². The van der Waals surface area contributed by atoms with Crippen molar-refractivity contribution in [3.8, 4) is 10.6 Å². The highest BCUT2D eigenvalue weighted by atomic mass is 32.1. The predicted molar refractivity (Wildman–Crippen MR) is 98.2 cm³/mol. The van der Waals surface area contributed by atoms with Gasteiger partial charge in [-0.1, -0.05) is 0 Å². The molecule has 3 heterocycles. The van der Waals surface area contributed by atoms with Crippen molar-refractivity contribution >= 4 is 28.6 Å². The summed E-state index contributed by atoms with van der Waals surface area (Å²) in [5, 5.41) is 17.8. The Kier molecular flexibility index (Phi) is 4.27. The average Bonchev–Trinajstić information content (AvgIpc) is 3.23. The number of aliphatic hydroxyl groups excluding tert-OH is 1. The van der Waals surface area contributed by atoms with Crippen LogP contribution in [-0.2, 0) is 0 Å². The molecule has 0 unspecified atom stereocenters. The van der Waals surface area contributed by atoms with Crippen LogP contribution >= 0.6 is 11.3 Å². The number of carbonyl (C=O) groups is 1. The van der Waals surface area contributed by atoms with E-state index in [1.54, 1.807) is 13.1 Å². The number of hydrogen-bond acceptors (Lipinski definition) is 6. The Balaban J connectivity index is 1.62. The van der Waals surface area contributed by atoms with Gasteiger partial charge in [0.05, 0.1) is 22.1 Å². The van der Waals surface area contributed by atoms with E-state index < -0.39 is 0 Å². The van der Waals surface area contributed by atoms with Crippen LogP contribution in [-0.4, -0.2) is 37.6 Å². The van der Waals surface area contributed by atoms with Gasteiger partial charge in [0.25, 0.3) is 0 Å². The molecule has 7 heteroatoms. The van der Waals surface area contributed by atoms with Crippen molar-refractivity contribution in [2.24, 2.45) is 0 Å². The highest BCUT2D eigenvalue weighted by Crippen LogP contribution is 2.29. The lowest BCUT2D eigenvalue weighted by Gasteiger charge is -2.26. The summed E-state index contributed by atoms with van der Waals surface area (Å²) in [7, 11) is 0. The average molecular weight is 356 g/mol. The summed E-state index contributed by atoms with van der Waals surface area (Å²) in [5.41, 5.74) is 1.66. The van der Waals surface area contributed by atoms with Crippen LogP contribution in [0.25, 0.3) is 16.2 Å². The van der Waals surface area contributed by atoms with Crippen LogP contribution in [0.5, 0.6) is 0 Å². The van der Waals surface area contributed by atoms with Gasteiger partial charge in [0.1, 0.15) is 11.5 Å². The van der Waals surface area contributed by atoms with Gasteiger partial charge >= 0.3 is 0 Å². The predicted octanol–water partition coefficient (Wildman–Crippen LogP) is 3.38. The summed E-state index contributed by atoms with van der Waals surface area (Å²) in [4.78, 5) is 17.7. The van der Waals surface area contributed by atoms with E-state index in [4.69, 9.17) is 0 Å². The summed E-state index contributed by atoms with van der Waals surface area (Å²) < 4.78 is 1.82. The minimum Gasteiger partial charge on any atom is -0.393 e. The zero-order valence-corrected chi connectivity index (χ0v) is 14.8. The van der Waals surface area contributed by atoms with Gasteiger partial charge in [-0.15, -0.1) is 16.4 Å². The molecule has 1 fully saturated rings. The molecule has 4 rings (SSSR count). The number of thiophene rings is 1. The van der Waals surface area contributed by atoms with Crippen molar-refractivity contribution in [3.63, 3.8) is 0 Å². The van der Waals surface area contributed by atoms with Gasteiger partial charge in [0.15, 0.2) is 11.4 Å². The van der Waals surface area contributed by atoms with E-state index in [2.05, 4.69) is 15.4 Å². The monoisotopic (exact) mass is 356 g/mol. The Hall–Kier alpha value is -2.25. The first-order valence-electron chi connectivity index (χ1n) is 8.50. The van der Waals surface area contributed by atoms with Crippen LogP contribution in [0.1, 0.15) is 42.3 Å². The lowest BCUT2D eigenvalue weighted by atomic mass is 9.93. The molecule has 3 aromatic heterocycles. The topological polar surface area (TPSA) is 79.5 Å². The van der Waals surface area contributed by atoms with Gasteiger partial charge in [-0.2, -0.15) is 0 Å². The Morgan fingerprint density at radius 1 is 1.24 bits per heavy atom. The highest BCUT2D eigenvalue weighted by Gasteiger charge is 2.20. The van der Waals surface area contributed by atoms with Gasteiger partial charge in [0.2, 0.25) is 0 Å². The molecule has 1 aliphatic carbocycles. The number of aliphatic hydroxyl groups is 1. The Morgan fingerprint density at radius 2 is 2.04 bits per heavy atom. The maximum atomic E-state index is 11.5. The number of Topliss-reactive ketones (excluding diaryl/α,β-unsaturated/α-hetero) is 1. The first-order chi connectivity index (χ1) is 12.1. The number of fused-ring (bicyclic) bond motifs is 1. The second-order valence-corrected chi connectivity index (χ2v) is 7.59. The summed E-state index contributed by atoms with van der Waals surface area (Å²) in [5.74, 6) is 0.872. The summed E-state index contributed by atoms with van der Waals surface area (Å²) in [6, 6.07) is 8.00. The smallest absolute Gasteiger partial charge is 0.169 e. The molecule has 0 aromatic carbocycles. The van der Waals surface area contributed by atoms with E-state index in [1.807, 2.05) is 28.8 Å². The van der Waals surface area contributed by atoms with E-state index in [-0.39, 0.29) is 11.9 Å². The molecule has 0 spiro atoms. The summed E-state index contributed by atoms with van der Waals surface area (Å²) in [6.45, 7) is 1.57. The number of nitrogens with zero attached hydrogens (tertiary/aromatic N) is 3. The normalized spacial score (nSPS) is 20.7. The summed E-state index contributed by atoms with van der Waals surface area (Å²) in [6.07, 6.45) is 5.19. The minimum atomic E-state index is -0.164. The van der Waals surface area contributed by atoms with Crippen molar-refractivity contribution in [1.82, 2.24) is 14.6 Å². The van der Waals surface area contributed by atoms with E-state index in [0.29, 0.717) is 6.04 Å². The molecule has 25 heavy (non-hydrogen) atoms. The molecule has 3 aromatic rings. The third-order valence-corrected chi connectivity index (χ3v) is 5.83. The molecule has 0 bridgehead atoms. The quantitative estimate of drug-likeness (QED) is 0.701. The number of imidazole rings is 1. The number of hydrogen-bond donors (Lipinski definition) is 2. The van der Waals surface area contributed by atoms with Crippen LogP contribution in [0.2, 0.25) is 0 Å². The van der Waals surface area contributed by atoms with Crippen molar-refractivity contribution in [1.29, 1.82) is 0 Å². The Morgan fingerprint density at radius 3 is 2.76 bits per heavy atom. The first kappa shape index (κ1) is 16.2. The molecule has 0 amide bonds. The van der Waals surface area contributed by atoms with Crippen molar-refractivity contribution in [2.45, 2.75) is 44.8 Å². The molecule has 1 aliphatic rings. The number of rotatable bonds is 4. The standard InChI is InChI=1S/C18H20N4O2S/c1-11(23)15-6-7-16(25-15)14-10-19-18-9-8-17(21-22(14)18)20-12-2-4-13(24)5-3-12/h6-10,12-13,24H,2-5H2,1H3,(H,20,21). The van der Waals surface area contributed by atoms with Crippen LogP contribution in [0.3, 0.4) is 0 Å². The molecular weight excluding hydrogens is 336 g/mol. The van der Waals surface area contributed by atoms with Crippen molar-refractivity contribution in [2.75, 3.05) is 5.32 Å². The molecular formula is C18H20N4O2S. The van der Waals surface area contributed by atoms with Gasteiger partial charge in [-0.3, -0.25) is 4.79 Å². The first-order valence-corrected chi connectivity index (χ1v) is 9.32. The van der Waals surface area contributed by atoms with Gasteiger partial charge < -0.3 is 10.4 Å². The van der Waals surface area contributed by atoms with E-state index in [0.717, 1.165) is 52.6 Å². The number of anilines is 1. The second-order valence-electron chi connectivity index (χ2n) is 6.50. The fourth-order valence-corrected chi connectivity index (χ4v) is 4.11. The maximum Gasteiger partial charge on any atom is 0.169 e. The van der Waals surface area contributed by atoms with Gasteiger partial charge in [0, 0.05) is 6.04 Å². The van der Waals surface area contributed by atoms with E-state index >= 15 is 0 Å². The number of carbonyl (C=O) groups excluding carboxylic acids is 1. The summed E-state index contributed by atoms with van der Waals surface area (Å²) >= 11 is 1.46. The van der Waals surface area contributed by atoms with E-state index in [9.17, 15) is 9.90 Å². The lowest BCUT2D eigenvalue weighted by Crippen LogP contribution is -2.28. The molecule has 0 atom stereocenters. The fourth-order valence-electron chi connectivity index (χ4n) is 3.21. The molecule has 0 radical (unpaired) electrons. The van der Waals surface area contributed by atoms with Crippen LogP contribution in [0, 0.1) is 0 Å². The number of aromatic nitrogens is 3. The molecule has 130 valence electrons. The van der Waals surface area contributed by atoms with Gasteiger partial charge in [-0.05, 0) is 56.9 Å².